The molecule has 0 spiro atoms. The van der Waals surface area contributed by atoms with Crippen LogP contribution in [0.25, 0.3) is 0 Å². The van der Waals surface area contributed by atoms with Gasteiger partial charge in [0.1, 0.15) is 22.4 Å². The molecule has 1 fully saturated rings. The highest BCUT2D eigenvalue weighted by molar-refractivity contribution is 7.09. The molecule has 10 nitrogen and oxygen atoms in total. The Labute approximate surface area is 235 Å². The summed E-state index contributed by atoms with van der Waals surface area (Å²) in [5.41, 5.74) is 12.7. The first kappa shape index (κ1) is 28.2. The third-order valence-corrected chi connectivity index (χ3v) is 8.01. The Morgan fingerprint density at radius 3 is 2.44 bits per heavy atom. The van der Waals surface area contributed by atoms with E-state index in [4.69, 9.17) is 32.5 Å². The van der Waals surface area contributed by atoms with Gasteiger partial charge in [0.15, 0.2) is 5.69 Å². The predicted octanol–water partition coefficient (Wildman–Crippen LogP) is 4.25. The van der Waals surface area contributed by atoms with Crippen molar-refractivity contribution in [1.82, 2.24) is 9.69 Å². The number of aromatic nitrogens is 1. The van der Waals surface area contributed by atoms with E-state index in [-0.39, 0.29) is 22.3 Å². The fourth-order valence-electron chi connectivity index (χ4n) is 4.65. The number of aryl methyl sites for hydroxylation is 1. The summed E-state index contributed by atoms with van der Waals surface area (Å²) >= 11 is 7.21. The summed E-state index contributed by atoms with van der Waals surface area (Å²) in [6, 6.07) is 8.79. The van der Waals surface area contributed by atoms with Crippen molar-refractivity contribution in [2.24, 2.45) is 5.73 Å². The van der Waals surface area contributed by atoms with Gasteiger partial charge < -0.3 is 26.3 Å². The van der Waals surface area contributed by atoms with Crippen molar-refractivity contribution in [2.75, 3.05) is 24.9 Å². The number of carbonyl (C=O) groups is 3. The lowest BCUT2D eigenvalue weighted by atomic mass is 10.00. The van der Waals surface area contributed by atoms with E-state index in [0.717, 1.165) is 42.8 Å². The highest BCUT2D eigenvalue weighted by Gasteiger charge is 2.39. The summed E-state index contributed by atoms with van der Waals surface area (Å²) in [6.45, 7) is 1.83. The van der Waals surface area contributed by atoms with Gasteiger partial charge >= 0.3 is 0 Å². The second-order valence-corrected chi connectivity index (χ2v) is 10.4. The summed E-state index contributed by atoms with van der Waals surface area (Å²) in [5.74, 6) is -1.11. The van der Waals surface area contributed by atoms with Crippen LogP contribution in [0.15, 0.2) is 36.4 Å². The molecule has 39 heavy (non-hydrogen) atoms. The van der Waals surface area contributed by atoms with Gasteiger partial charge in [-0.2, -0.15) is 4.37 Å². The molecule has 3 aromatic rings. The van der Waals surface area contributed by atoms with Gasteiger partial charge in [0.2, 0.25) is 5.91 Å². The SMILES string of the molecule is COc1ccc(OC)c([C@H](C(=O)NC2CCCC2)N(C(=O)c2snc(C(N)=O)c2N)c2ccc(C)c(Cl)c2)c1. The molecule has 4 rings (SSSR count). The van der Waals surface area contributed by atoms with E-state index in [1.54, 1.807) is 36.4 Å². The zero-order chi connectivity index (χ0) is 28.3. The number of carbonyl (C=O) groups excluding carboxylic acids is 3. The Hall–Kier alpha value is -3.83. The molecular weight excluding hydrogens is 542 g/mol. The van der Waals surface area contributed by atoms with E-state index >= 15 is 0 Å². The molecule has 1 aromatic heterocycles. The number of hydrogen-bond donors (Lipinski definition) is 3. The maximum atomic E-state index is 14.3. The Morgan fingerprint density at radius 2 is 1.85 bits per heavy atom. The van der Waals surface area contributed by atoms with Gasteiger partial charge in [0.05, 0.1) is 19.9 Å². The zero-order valence-corrected chi connectivity index (χ0v) is 23.4. The molecule has 206 valence electrons. The van der Waals surface area contributed by atoms with Crippen molar-refractivity contribution in [2.45, 2.75) is 44.7 Å². The molecule has 1 aliphatic carbocycles. The fraction of sp³-hybridized carbons (Fsp3) is 0.333. The highest BCUT2D eigenvalue weighted by Crippen LogP contribution is 2.39. The van der Waals surface area contributed by atoms with E-state index < -0.39 is 23.8 Å². The monoisotopic (exact) mass is 571 g/mol. The molecule has 5 N–H and O–H groups in total. The number of hydrogen-bond acceptors (Lipinski definition) is 8. The lowest BCUT2D eigenvalue weighted by Crippen LogP contribution is -2.46. The van der Waals surface area contributed by atoms with Crippen LogP contribution in [0.2, 0.25) is 5.02 Å². The number of nitrogens with one attached hydrogen (secondary N) is 1. The number of ether oxygens (including phenoxy) is 2. The topological polar surface area (TPSA) is 150 Å². The molecular formula is C27H30ClN5O5S. The molecule has 1 heterocycles. The van der Waals surface area contributed by atoms with Crippen molar-refractivity contribution < 1.29 is 23.9 Å². The average molecular weight is 572 g/mol. The third kappa shape index (κ3) is 5.79. The molecule has 0 saturated heterocycles. The molecule has 0 radical (unpaired) electrons. The van der Waals surface area contributed by atoms with Crippen molar-refractivity contribution >= 4 is 52.2 Å². The van der Waals surface area contributed by atoms with Gasteiger partial charge in [-0.25, -0.2) is 0 Å². The number of nitrogens with two attached hydrogens (primary N) is 2. The van der Waals surface area contributed by atoms with Crippen LogP contribution in [0.3, 0.4) is 0 Å². The highest BCUT2D eigenvalue weighted by atomic mass is 35.5. The maximum Gasteiger partial charge on any atom is 0.273 e. The molecule has 2 aromatic carbocycles. The lowest BCUT2D eigenvalue weighted by Gasteiger charge is -2.33. The summed E-state index contributed by atoms with van der Waals surface area (Å²) < 4.78 is 15.1. The van der Waals surface area contributed by atoms with Crippen LogP contribution in [0, 0.1) is 6.92 Å². The fourth-order valence-corrected chi connectivity index (χ4v) is 5.57. The Balaban J connectivity index is 1.95. The molecule has 1 saturated carbocycles. The van der Waals surface area contributed by atoms with Crippen LogP contribution in [-0.2, 0) is 4.79 Å². The summed E-state index contributed by atoms with van der Waals surface area (Å²) in [4.78, 5) is 41.5. The molecule has 0 unspecified atom stereocenters. The number of anilines is 2. The Morgan fingerprint density at radius 1 is 1.13 bits per heavy atom. The third-order valence-electron chi connectivity index (χ3n) is 6.75. The van der Waals surface area contributed by atoms with Crippen LogP contribution >= 0.6 is 23.1 Å². The number of amides is 3. The van der Waals surface area contributed by atoms with Crippen LogP contribution in [-0.4, -0.2) is 42.4 Å². The normalized spacial score (nSPS) is 14.1. The summed E-state index contributed by atoms with van der Waals surface area (Å²) in [6.07, 6.45) is 3.67. The first-order valence-corrected chi connectivity index (χ1v) is 13.5. The molecule has 1 aliphatic rings. The number of nitrogens with zero attached hydrogens (tertiary/aromatic N) is 2. The number of methoxy groups -OCH3 is 2. The Bertz CT molecular complexity index is 1410. The van der Waals surface area contributed by atoms with Gasteiger partial charge in [-0.15, -0.1) is 0 Å². The number of benzene rings is 2. The van der Waals surface area contributed by atoms with Gasteiger partial charge in [0, 0.05) is 22.3 Å². The van der Waals surface area contributed by atoms with Crippen LogP contribution in [0.4, 0.5) is 11.4 Å². The quantitative estimate of drug-likeness (QED) is 0.347. The van der Waals surface area contributed by atoms with E-state index in [0.29, 0.717) is 27.8 Å². The van der Waals surface area contributed by atoms with Gasteiger partial charge in [0.25, 0.3) is 11.8 Å². The van der Waals surface area contributed by atoms with Crippen LogP contribution in [0.5, 0.6) is 11.5 Å². The first-order chi connectivity index (χ1) is 18.7. The average Bonchev–Trinajstić information content (AvgIpc) is 3.57. The minimum absolute atomic E-state index is 0.0369. The molecule has 1 atom stereocenters. The van der Waals surface area contributed by atoms with Gasteiger partial charge in [-0.3, -0.25) is 19.3 Å². The molecule has 12 heteroatoms. The van der Waals surface area contributed by atoms with E-state index in [1.807, 2.05) is 6.92 Å². The minimum atomic E-state index is -1.22. The number of primary amides is 1. The standard InChI is InChI=1S/C27H30ClN5O5S/c1-14-8-9-16(12-19(14)28)33(27(36)24-21(29)22(25(30)34)32-39-24)23(26(35)31-15-6-4-5-7-15)18-13-17(37-2)10-11-20(18)38-3/h8-13,15,23H,4-7,29H2,1-3H3,(H2,30,34)(H,31,35)/t23-/m1/s1. The van der Waals surface area contributed by atoms with Crippen LogP contribution in [0.1, 0.15) is 63.0 Å². The van der Waals surface area contributed by atoms with Crippen molar-refractivity contribution in [3.63, 3.8) is 0 Å². The Kier molecular flexibility index (Phi) is 8.61. The molecule has 0 bridgehead atoms. The number of halogens is 1. The predicted molar refractivity (Wildman–Crippen MR) is 151 cm³/mol. The second kappa shape index (κ2) is 11.9. The van der Waals surface area contributed by atoms with Crippen LogP contribution < -0.4 is 31.2 Å². The molecule has 0 aliphatic heterocycles. The first-order valence-electron chi connectivity index (χ1n) is 12.3. The van der Waals surface area contributed by atoms with E-state index in [1.165, 1.54) is 19.1 Å². The maximum absolute atomic E-state index is 14.3. The van der Waals surface area contributed by atoms with Crippen molar-refractivity contribution in [3.05, 3.63) is 63.1 Å². The zero-order valence-electron chi connectivity index (χ0n) is 21.8. The van der Waals surface area contributed by atoms with Gasteiger partial charge in [-0.1, -0.05) is 30.5 Å². The van der Waals surface area contributed by atoms with E-state index in [9.17, 15) is 14.4 Å². The summed E-state index contributed by atoms with van der Waals surface area (Å²) in [7, 11) is 2.98. The minimum Gasteiger partial charge on any atom is -0.497 e. The molecule has 3 amide bonds. The second-order valence-electron chi connectivity index (χ2n) is 9.25. The summed E-state index contributed by atoms with van der Waals surface area (Å²) in [5, 5.41) is 3.50. The number of rotatable bonds is 9. The van der Waals surface area contributed by atoms with E-state index in [2.05, 4.69) is 9.69 Å². The van der Waals surface area contributed by atoms with Crippen molar-refractivity contribution in [1.29, 1.82) is 0 Å². The van der Waals surface area contributed by atoms with Gasteiger partial charge in [-0.05, 0) is 67.2 Å². The smallest absolute Gasteiger partial charge is 0.273 e. The largest absolute Gasteiger partial charge is 0.497 e. The van der Waals surface area contributed by atoms with Crippen molar-refractivity contribution in [3.8, 4) is 11.5 Å². The lowest BCUT2D eigenvalue weighted by molar-refractivity contribution is -0.123. The number of nitrogen functional groups attached to an aromatic ring is 1.